The number of benzene rings is 2. The maximum absolute atomic E-state index is 11.9. The predicted octanol–water partition coefficient (Wildman–Crippen LogP) is 4.97. The standard InChI is InChI=1S/C24H33N3O2/c1-5-8-19(4)21-11-15-23(16-12-21)29-18-24(28)26-25-17-20-9-13-22(14-10-20)27(6-2)7-3/h9-17,19H,5-8,18H2,1-4H3,(H,26,28)/b25-17-/t19-/m1/s1. The molecule has 0 aliphatic carbocycles. The van der Waals surface area contributed by atoms with Crippen LogP contribution in [0.1, 0.15) is 57.6 Å². The molecular weight excluding hydrogens is 362 g/mol. The van der Waals surface area contributed by atoms with Crippen molar-refractivity contribution in [2.75, 3.05) is 24.6 Å². The molecule has 2 aromatic carbocycles. The molecule has 5 heteroatoms. The van der Waals surface area contributed by atoms with Crippen LogP contribution in [0, 0.1) is 0 Å². The lowest BCUT2D eigenvalue weighted by Crippen LogP contribution is -2.24. The average Bonchev–Trinajstić information content (AvgIpc) is 2.75. The van der Waals surface area contributed by atoms with Gasteiger partial charge in [-0.25, -0.2) is 5.43 Å². The third-order valence-corrected chi connectivity index (χ3v) is 4.97. The highest BCUT2D eigenvalue weighted by atomic mass is 16.5. The number of rotatable bonds is 11. The van der Waals surface area contributed by atoms with E-state index in [0.717, 1.165) is 18.7 Å². The molecule has 1 N–H and O–H groups in total. The maximum Gasteiger partial charge on any atom is 0.277 e. The van der Waals surface area contributed by atoms with Gasteiger partial charge >= 0.3 is 0 Å². The SMILES string of the molecule is CCC[C@@H](C)c1ccc(OCC(=O)N/N=C\c2ccc(N(CC)CC)cc2)cc1. The predicted molar refractivity (Wildman–Crippen MR) is 121 cm³/mol. The van der Waals surface area contributed by atoms with Crippen molar-refractivity contribution in [1.29, 1.82) is 0 Å². The summed E-state index contributed by atoms with van der Waals surface area (Å²) in [6, 6.07) is 16.0. The number of nitrogens with one attached hydrogen (secondary N) is 1. The third kappa shape index (κ3) is 7.26. The average molecular weight is 396 g/mol. The Labute approximate surface area is 174 Å². The van der Waals surface area contributed by atoms with Gasteiger partial charge in [0.2, 0.25) is 0 Å². The quantitative estimate of drug-likeness (QED) is 0.432. The Bertz CT molecular complexity index is 766. The van der Waals surface area contributed by atoms with Crippen LogP contribution in [0.3, 0.4) is 0 Å². The summed E-state index contributed by atoms with van der Waals surface area (Å²) in [7, 11) is 0. The van der Waals surface area contributed by atoms with Crippen LogP contribution >= 0.6 is 0 Å². The van der Waals surface area contributed by atoms with Gasteiger partial charge in [-0.05, 0) is 61.6 Å². The fourth-order valence-electron chi connectivity index (χ4n) is 3.21. The van der Waals surface area contributed by atoms with Gasteiger partial charge in [0.05, 0.1) is 6.21 Å². The van der Waals surface area contributed by atoms with Crippen LogP contribution in [0.25, 0.3) is 0 Å². The van der Waals surface area contributed by atoms with Crippen LogP contribution in [0.15, 0.2) is 53.6 Å². The number of hydrogen-bond acceptors (Lipinski definition) is 4. The van der Waals surface area contributed by atoms with Gasteiger partial charge in [0.15, 0.2) is 6.61 Å². The van der Waals surface area contributed by atoms with Crippen LogP contribution in [0.4, 0.5) is 5.69 Å². The summed E-state index contributed by atoms with van der Waals surface area (Å²) in [5, 5.41) is 4.01. The Morgan fingerprint density at radius 2 is 1.72 bits per heavy atom. The highest BCUT2D eigenvalue weighted by Crippen LogP contribution is 2.22. The van der Waals surface area contributed by atoms with E-state index in [0.29, 0.717) is 11.7 Å². The van der Waals surface area contributed by atoms with Crippen molar-refractivity contribution >= 4 is 17.8 Å². The summed E-state index contributed by atoms with van der Waals surface area (Å²) in [5.74, 6) is 0.931. The minimum absolute atomic E-state index is 0.0674. The van der Waals surface area contributed by atoms with Crippen LogP contribution in [0.5, 0.6) is 5.75 Å². The maximum atomic E-state index is 11.9. The molecule has 0 fully saturated rings. The van der Waals surface area contributed by atoms with Crippen molar-refractivity contribution in [2.24, 2.45) is 5.10 Å². The monoisotopic (exact) mass is 395 g/mol. The van der Waals surface area contributed by atoms with Crippen LogP contribution in [0.2, 0.25) is 0 Å². The Kier molecular flexibility index (Phi) is 9.22. The Morgan fingerprint density at radius 1 is 1.07 bits per heavy atom. The van der Waals surface area contributed by atoms with E-state index in [4.69, 9.17) is 4.74 Å². The number of anilines is 1. The minimum atomic E-state index is -0.288. The summed E-state index contributed by atoms with van der Waals surface area (Å²) < 4.78 is 5.54. The zero-order valence-corrected chi connectivity index (χ0v) is 18.0. The van der Waals surface area contributed by atoms with E-state index in [2.05, 4.69) is 67.4 Å². The molecule has 29 heavy (non-hydrogen) atoms. The fourth-order valence-corrected chi connectivity index (χ4v) is 3.21. The van der Waals surface area contributed by atoms with E-state index in [1.165, 1.54) is 24.1 Å². The van der Waals surface area contributed by atoms with Crippen molar-refractivity contribution in [1.82, 2.24) is 5.43 Å². The minimum Gasteiger partial charge on any atom is -0.484 e. The Hall–Kier alpha value is -2.82. The Morgan fingerprint density at radius 3 is 2.31 bits per heavy atom. The van der Waals surface area contributed by atoms with Gasteiger partial charge in [-0.1, -0.05) is 44.5 Å². The van der Waals surface area contributed by atoms with Gasteiger partial charge in [0.25, 0.3) is 5.91 Å². The Balaban J connectivity index is 1.78. The van der Waals surface area contributed by atoms with Gasteiger partial charge in [0.1, 0.15) is 5.75 Å². The summed E-state index contributed by atoms with van der Waals surface area (Å²) in [4.78, 5) is 14.2. The van der Waals surface area contributed by atoms with Crippen LogP contribution in [-0.4, -0.2) is 31.8 Å². The highest BCUT2D eigenvalue weighted by molar-refractivity contribution is 5.83. The molecule has 0 bridgehead atoms. The summed E-state index contributed by atoms with van der Waals surface area (Å²) >= 11 is 0. The largest absolute Gasteiger partial charge is 0.484 e. The zero-order chi connectivity index (χ0) is 21.1. The summed E-state index contributed by atoms with van der Waals surface area (Å²) in [6.45, 7) is 10.6. The first-order valence-electron chi connectivity index (χ1n) is 10.5. The molecule has 0 spiro atoms. The molecule has 0 aliphatic heterocycles. The number of hydrazone groups is 1. The second-order valence-electron chi connectivity index (χ2n) is 7.10. The molecule has 0 aliphatic rings. The number of amides is 1. The molecule has 0 saturated carbocycles. The van der Waals surface area contributed by atoms with Gasteiger partial charge in [-0.3, -0.25) is 4.79 Å². The number of ether oxygens (including phenoxy) is 1. The molecule has 0 radical (unpaired) electrons. The van der Waals surface area contributed by atoms with Crippen LogP contribution < -0.4 is 15.1 Å². The number of nitrogens with zero attached hydrogens (tertiary/aromatic N) is 2. The number of carbonyl (C=O) groups is 1. The van der Waals surface area contributed by atoms with E-state index < -0.39 is 0 Å². The summed E-state index contributed by atoms with van der Waals surface area (Å²) in [6.07, 6.45) is 3.97. The molecular formula is C24H33N3O2. The molecule has 1 atom stereocenters. The first kappa shape index (κ1) is 22.5. The second-order valence-corrected chi connectivity index (χ2v) is 7.10. The molecule has 156 valence electrons. The van der Waals surface area contributed by atoms with Crippen LogP contribution in [-0.2, 0) is 4.79 Å². The van der Waals surface area contributed by atoms with Gasteiger partial charge in [-0.2, -0.15) is 5.10 Å². The van der Waals surface area contributed by atoms with E-state index in [-0.39, 0.29) is 12.5 Å². The van der Waals surface area contributed by atoms with E-state index in [1.54, 1.807) is 6.21 Å². The molecule has 0 aromatic heterocycles. The zero-order valence-electron chi connectivity index (χ0n) is 18.0. The first-order valence-corrected chi connectivity index (χ1v) is 10.5. The third-order valence-electron chi connectivity index (χ3n) is 4.97. The lowest BCUT2D eigenvalue weighted by molar-refractivity contribution is -0.123. The lowest BCUT2D eigenvalue weighted by atomic mass is 9.97. The molecule has 0 saturated heterocycles. The van der Waals surface area contributed by atoms with E-state index in [9.17, 15) is 4.79 Å². The molecule has 1 amide bonds. The highest BCUT2D eigenvalue weighted by Gasteiger charge is 2.06. The molecule has 0 unspecified atom stereocenters. The van der Waals surface area contributed by atoms with E-state index >= 15 is 0 Å². The molecule has 5 nitrogen and oxygen atoms in total. The lowest BCUT2D eigenvalue weighted by Gasteiger charge is -2.20. The van der Waals surface area contributed by atoms with Crippen molar-refractivity contribution in [3.05, 3.63) is 59.7 Å². The fraction of sp³-hybridized carbons (Fsp3) is 0.417. The van der Waals surface area contributed by atoms with Gasteiger partial charge in [0, 0.05) is 18.8 Å². The van der Waals surface area contributed by atoms with Gasteiger partial charge < -0.3 is 9.64 Å². The number of carbonyl (C=O) groups excluding carboxylic acids is 1. The second kappa shape index (κ2) is 11.9. The van der Waals surface area contributed by atoms with Crippen molar-refractivity contribution in [3.63, 3.8) is 0 Å². The molecule has 0 heterocycles. The van der Waals surface area contributed by atoms with Gasteiger partial charge in [-0.15, -0.1) is 0 Å². The first-order chi connectivity index (χ1) is 14.1. The normalized spacial score (nSPS) is 12.0. The smallest absolute Gasteiger partial charge is 0.277 e. The number of hydrogen-bond donors (Lipinski definition) is 1. The molecule has 2 aromatic rings. The van der Waals surface area contributed by atoms with E-state index in [1.807, 2.05) is 24.3 Å². The van der Waals surface area contributed by atoms with Crippen molar-refractivity contribution in [3.8, 4) is 5.75 Å². The summed E-state index contributed by atoms with van der Waals surface area (Å²) in [5.41, 5.74) is 5.90. The topological polar surface area (TPSA) is 53.9 Å². The van der Waals surface area contributed by atoms with Crippen molar-refractivity contribution in [2.45, 2.75) is 46.5 Å². The molecule has 2 rings (SSSR count). The van der Waals surface area contributed by atoms with Crippen molar-refractivity contribution < 1.29 is 9.53 Å².